The first kappa shape index (κ1) is 12.2. The molecule has 2 aromatic carbocycles. The van der Waals surface area contributed by atoms with Crippen molar-refractivity contribution in [3.05, 3.63) is 59.7 Å². The molecule has 0 atom stereocenters. The van der Waals surface area contributed by atoms with Gasteiger partial charge in [-0.2, -0.15) is 0 Å². The van der Waals surface area contributed by atoms with Gasteiger partial charge in [-0.3, -0.25) is 0 Å². The highest BCUT2D eigenvalue weighted by Crippen LogP contribution is 2.25. The zero-order valence-electron chi connectivity index (χ0n) is 8.87. The molecule has 0 fully saturated rings. The van der Waals surface area contributed by atoms with Gasteiger partial charge in [0.1, 0.15) is 11.4 Å². The number of azo groups is 1. The number of nitrogens with zero attached hydrogens (tertiary/aromatic N) is 2. The minimum Gasteiger partial charge on any atom is -0.204 e. The Balaban J connectivity index is 2.36. The normalized spacial score (nSPS) is 11.1. The molecule has 0 saturated heterocycles. The molecule has 2 nitrogen and oxygen atoms in total. The van der Waals surface area contributed by atoms with E-state index in [1.807, 2.05) is 0 Å². The highest BCUT2D eigenvalue weighted by molar-refractivity contribution is 5.42. The van der Waals surface area contributed by atoms with E-state index in [1.54, 1.807) is 0 Å². The van der Waals surface area contributed by atoms with E-state index in [4.69, 9.17) is 0 Å². The van der Waals surface area contributed by atoms with Gasteiger partial charge < -0.3 is 0 Å². The molecular weight excluding hydrogens is 248 g/mol. The molecule has 0 aromatic heterocycles. The van der Waals surface area contributed by atoms with Crippen molar-refractivity contribution in [1.82, 2.24) is 0 Å². The van der Waals surface area contributed by atoms with Crippen molar-refractivity contribution >= 4 is 11.4 Å². The van der Waals surface area contributed by atoms with E-state index in [-0.39, 0.29) is 0 Å². The second-order valence-corrected chi connectivity index (χ2v) is 3.35. The van der Waals surface area contributed by atoms with E-state index in [0.717, 1.165) is 12.1 Å². The van der Waals surface area contributed by atoms with E-state index in [2.05, 4.69) is 10.2 Å². The van der Waals surface area contributed by atoms with Crippen molar-refractivity contribution < 1.29 is 17.6 Å². The standard InChI is InChI=1S/C12H6F4N2/c13-7-3-1-5-9(11(7)15)17-18-10-6-2-4-8(14)12(10)16/h1-6H/b18-17+. The van der Waals surface area contributed by atoms with Crippen molar-refractivity contribution in [3.8, 4) is 0 Å². The molecule has 18 heavy (non-hydrogen) atoms. The van der Waals surface area contributed by atoms with Gasteiger partial charge in [0.15, 0.2) is 23.3 Å². The first-order chi connectivity index (χ1) is 8.59. The molecule has 0 spiro atoms. The van der Waals surface area contributed by atoms with Crippen LogP contribution in [0.5, 0.6) is 0 Å². The van der Waals surface area contributed by atoms with E-state index >= 15 is 0 Å². The van der Waals surface area contributed by atoms with Gasteiger partial charge in [0.05, 0.1) is 0 Å². The van der Waals surface area contributed by atoms with Gasteiger partial charge >= 0.3 is 0 Å². The average Bonchev–Trinajstić information content (AvgIpc) is 2.36. The first-order valence-electron chi connectivity index (χ1n) is 4.89. The summed E-state index contributed by atoms with van der Waals surface area (Å²) in [5.74, 6) is -4.58. The van der Waals surface area contributed by atoms with Crippen molar-refractivity contribution in [1.29, 1.82) is 0 Å². The number of benzene rings is 2. The summed E-state index contributed by atoms with van der Waals surface area (Å²) in [4.78, 5) is 0. The number of rotatable bonds is 2. The molecule has 92 valence electrons. The van der Waals surface area contributed by atoms with Crippen LogP contribution in [0.15, 0.2) is 46.6 Å². The second kappa shape index (κ2) is 4.95. The summed E-state index contributed by atoms with van der Waals surface area (Å²) < 4.78 is 52.1. The van der Waals surface area contributed by atoms with Crippen LogP contribution < -0.4 is 0 Å². The maximum absolute atomic E-state index is 13.2. The highest BCUT2D eigenvalue weighted by Gasteiger charge is 2.09. The lowest BCUT2D eigenvalue weighted by atomic mass is 10.3. The predicted molar refractivity (Wildman–Crippen MR) is 56.9 cm³/mol. The fourth-order valence-electron chi connectivity index (χ4n) is 1.25. The van der Waals surface area contributed by atoms with E-state index in [9.17, 15) is 17.6 Å². The Morgan fingerprint density at radius 1 is 0.611 bits per heavy atom. The maximum atomic E-state index is 13.2. The zero-order valence-corrected chi connectivity index (χ0v) is 8.87. The lowest BCUT2D eigenvalue weighted by Crippen LogP contribution is -1.83. The molecule has 0 heterocycles. The molecule has 0 saturated carbocycles. The molecule has 2 aromatic rings. The largest absolute Gasteiger partial charge is 0.204 e. The lowest BCUT2D eigenvalue weighted by molar-refractivity contribution is 0.507. The fraction of sp³-hybridized carbons (Fsp3) is 0. The minimum atomic E-state index is -1.20. The monoisotopic (exact) mass is 254 g/mol. The Kier molecular flexibility index (Phi) is 3.36. The fourth-order valence-corrected chi connectivity index (χ4v) is 1.25. The van der Waals surface area contributed by atoms with E-state index in [1.165, 1.54) is 24.3 Å². The molecular formula is C12H6F4N2. The Labute approximate surface area is 99.6 Å². The van der Waals surface area contributed by atoms with Gasteiger partial charge in [-0.25, -0.2) is 17.6 Å². The average molecular weight is 254 g/mol. The van der Waals surface area contributed by atoms with Gasteiger partial charge in [-0.15, -0.1) is 10.2 Å². The van der Waals surface area contributed by atoms with E-state index in [0.29, 0.717) is 0 Å². The third-order valence-corrected chi connectivity index (χ3v) is 2.13. The Morgan fingerprint density at radius 3 is 1.39 bits per heavy atom. The molecule has 6 heteroatoms. The van der Waals surface area contributed by atoms with E-state index < -0.39 is 34.6 Å². The Morgan fingerprint density at radius 2 is 1.00 bits per heavy atom. The van der Waals surface area contributed by atoms with Crippen molar-refractivity contribution in [2.45, 2.75) is 0 Å². The van der Waals surface area contributed by atoms with Gasteiger partial charge in [-0.1, -0.05) is 12.1 Å². The maximum Gasteiger partial charge on any atom is 0.186 e. The van der Waals surface area contributed by atoms with Crippen molar-refractivity contribution in [3.63, 3.8) is 0 Å². The van der Waals surface area contributed by atoms with Crippen LogP contribution in [-0.2, 0) is 0 Å². The molecule has 0 aliphatic heterocycles. The number of halogens is 4. The van der Waals surface area contributed by atoms with Crippen LogP contribution in [-0.4, -0.2) is 0 Å². The Hall–Kier alpha value is -2.24. The van der Waals surface area contributed by atoms with Crippen LogP contribution in [0.2, 0.25) is 0 Å². The molecule has 0 amide bonds. The molecule has 0 bridgehead atoms. The minimum absolute atomic E-state index is 0.390. The van der Waals surface area contributed by atoms with Crippen LogP contribution in [0.3, 0.4) is 0 Å². The van der Waals surface area contributed by atoms with Gasteiger partial charge in [0.25, 0.3) is 0 Å². The topological polar surface area (TPSA) is 24.7 Å². The molecule has 0 aliphatic carbocycles. The van der Waals surface area contributed by atoms with Crippen LogP contribution in [0, 0.1) is 23.3 Å². The van der Waals surface area contributed by atoms with Crippen molar-refractivity contribution in [2.24, 2.45) is 10.2 Å². The van der Waals surface area contributed by atoms with Crippen LogP contribution in [0.1, 0.15) is 0 Å². The first-order valence-corrected chi connectivity index (χ1v) is 4.89. The van der Waals surface area contributed by atoms with Gasteiger partial charge in [0.2, 0.25) is 0 Å². The molecule has 0 radical (unpaired) electrons. The Bertz CT molecular complexity index is 558. The summed E-state index contributed by atoms with van der Waals surface area (Å²) in [6, 6.07) is 6.62. The SMILES string of the molecule is Fc1cccc(/N=N/c2cccc(F)c2F)c1F. The van der Waals surface area contributed by atoms with Crippen LogP contribution in [0.4, 0.5) is 28.9 Å². The second-order valence-electron chi connectivity index (χ2n) is 3.35. The quantitative estimate of drug-likeness (QED) is 0.550. The summed E-state index contributed by atoms with van der Waals surface area (Å²) in [7, 11) is 0. The molecule has 2 rings (SSSR count). The third-order valence-electron chi connectivity index (χ3n) is 2.13. The van der Waals surface area contributed by atoms with Gasteiger partial charge in [0, 0.05) is 0 Å². The summed E-state index contributed by atoms with van der Waals surface area (Å²) >= 11 is 0. The molecule has 0 unspecified atom stereocenters. The summed E-state index contributed by atoms with van der Waals surface area (Å²) in [6.45, 7) is 0. The van der Waals surface area contributed by atoms with Crippen LogP contribution >= 0.6 is 0 Å². The number of hydrogen-bond acceptors (Lipinski definition) is 2. The number of hydrogen-bond donors (Lipinski definition) is 0. The highest BCUT2D eigenvalue weighted by atomic mass is 19.2. The molecule has 0 aliphatic rings. The summed E-state index contributed by atoms with van der Waals surface area (Å²) in [5, 5.41) is 6.68. The zero-order chi connectivity index (χ0) is 13.1. The third kappa shape index (κ3) is 2.37. The molecule has 0 N–H and O–H groups in total. The smallest absolute Gasteiger partial charge is 0.186 e. The summed E-state index contributed by atoms with van der Waals surface area (Å²) in [5.41, 5.74) is -0.780. The summed E-state index contributed by atoms with van der Waals surface area (Å²) in [6.07, 6.45) is 0. The van der Waals surface area contributed by atoms with Gasteiger partial charge in [-0.05, 0) is 24.3 Å². The van der Waals surface area contributed by atoms with Crippen molar-refractivity contribution in [2.75, 3.05) is 0 Å². The predicted octanol–water partition coefficient (Wildman–Crippen LogP) is 4.66. The lowest BCUT2D eigenvalue weighted by Gasteiger charge is -1.98. The van der Waals surface area contributed by atoms with Crippen LogP contribution in [0.25, 0.3) is 0 Å².